The number of carboxylic acid groups (broad SMARTS) is 1. The van der Waals surface area contributed by atoms with Gasteiger partial charge >= 0.3 is 5.97 Å². The number of carbonyl (C=O) groups is 3. The number of amidine groups is 1. The van der Waals surface area contributed by atoms with Crippen molar-refractivity contribution in [3.8, 4) is 17.2 Å². The minimum atomic E-state index is -1.19. The van der Waals surface area contributed by atoms with Gasteiger partial charge in [-0.15, -0.1) is 5.10 Å². The van der Waals surface area contributed by atoms with Crippen molar-refractivity contribution in [3.05, 3.63) is 48.0 Å². The molecule has 1 fully saturated rings. The van der Waals surface area contributed by atoms with Gasteiger partial charge in [0.25, 0.3) is 0 Å². The fourth-order valence-electron chi connectivity index (χ4n) is 2.84. The molecule has 1 heterocycles. The van der Waals surface area contributed by atoms with E-state index in [1.54, 1.807) is 12.1 Å². The number of aliphatic carboxylic acids is 1. The summed E-state index contributed by atoms with van der Waals surface area (Å²) in [5, 5.41) is 37.7. The molecule has 11 nitrogen and oxygen atoms in total. The van der Waals surface area contributed by atoms with Crippen molar-refractivity contribution in [2.45, 2.75) is 11.7 Å². The maximum absolute atomic E-state index is 13.0. The predicted molar refractivity (Wildman–Crippen MR) is 122 cm³/mol. The minimum Gasteiger partial charge on any atom is -0.508 e. The monoisotopic (exact) mass is 472 g/mol. The number of phenolic OH excluding ortho intramolecular Hbond substituents is 2. The molecule has 0 aliphatic carbocycles. The topological polar surface area (TPSA) is 161 Å². The Balaban J connectivity index is 1.84. The van der Waals surface area contributed by atoms with E-state index in [2.05, 4.69) is 15.5 Å². The number of thioether (sulfide) groups is 1. The molecule has 33 heavy (non-hydrogen) atoms. The summed E-state index contributed by atoms with van der Waals surface area (Å²) in [6.45, 7) is -0.548. The zero-order chi connectivity index (χ0) is 24.0. The zero-order valence-electron chi connectivity index (χ0n) is 17.3. The highest BCUT2D eigenvalue weighted by atomic mass is 32.2. The number of benzene rings is 2. The number of amides is 2. The first-order valence-corrected chi connectivity index (χ1v) is 10.4. The quantitative estimate of drug-likeness (QED) is 0.332. The van der Waals surface area contributed by atoms with Crippen LogP contribution < -0.4 is 15.0 Å². The molecule has 0 radical (unpaired) electrons. The Kier molecular flexibility index (Phi) is 7.51. The number of carbonyl (C=O) groups excluding carboxylic acids is 2. The van der Waals surface area contributed by atoms with Gasteiger partial charge in [-0.2, -0.15) is 5.10 Å². The van der Waals surface area contributed by atoms with Gasteiger partial charge in [-0.1, -0.05) is 11.8 Å². The molecule has 2 aromatic rings. The maximum atomic E-state index is 13.0. The van der Waals surface area contributed by atoms with E-state index in [9.17, 15) is 24.6 Å². The second kappa shape index (κ2) is 10.5. The minimum absolute atomic E-state index is 0.0143. The van der Waals surface area contributed by atoms with Gasteiger partial charge in [0.2, 0.25) is 11.8 Å². The highest BCUT2D eigenvalue weighted by molar-refractivity contribution is 8.16. The second-order valence-electron chi connectivity index (χ2n) is 6.73. The Bertz CT molecular complexity index is 1120. The van der Waals surface area contributed by atoms with E-state index >= 15 is 0 Å². The molecule has 2 amide bonds. The number of hydrogen-bond acceptors (Lipinski definition) is 9. The Morgan fingerprint density at radius 3 is 2.61 bits per heavy atom. The van der Waals surface area contributed by atoms with Gasteiger partial charge < -0.3 is 25.4 Å². The van der Waals surface area contributed by atoms with Crippen molar-refractivity contribution in [1.82, 2.24) is 5.32 Å². The molecule has 1 aliphatic heterocycles. The molecule has 0 aromatic heterocycles. The first-order valence-electron chi connectivity index (χ1n) is 9.54. The zero-order valence-corrected chi connectivity index (χ0v) is 18.2. The SMILES string of the molecule is COc1cc(/C=N/N=C2/SC(CC(=O)NCC(=O)O)C(=O)N2c2ccc(O)cc2)ccc1O. The number of anilines is 1. The maximum Gasteiger partial charge on any atom is 0.322 e. The standard InChI is InChI=1S/C21H20N4O7S/c1-32-16-8-12(2-7-15(16)27)10-23-24-21-25(13-3-5-14(26)6-4-13)20(31)17(33-21)9-18(28)22-11-19(29)30/h2-8,10,17,26-27H,9,11H2,1H3,(H,22,28)(H,29,30)/b23-10+,24-21+. The molecule has 0 saturated carbocycles. The Morgan fingerprint density at radius 2 is 1.94 bits per heavy atom. The Hall–Kier alpha value is -4.06. The number of hydrogen-bond donors (Lipinski definition) is 4. The van der Waals surface area contributed by atoms with Gasteiger partial charge in [-0.25, -0.2) is 0 Å². The van der Waals surface area contributed by atoms with E-state index in [0.717, 1.165) is 11.8 Å². The highest BCUT2D eigenvalue weighted by Crippen LogP contribution is 2.34. The van der Waals surface area contributed by atoms with Crippen molar-refractivity contribution in [2.75, 3.05) is 18.6 Å². The van der Waals surface area contributed by atoms with Crippen LogP contribution in [0.4, 0.5) is 5.69 Å². The fraction of sp³-hybridized carbons (Fsp3) is 0.190. The lowest BCUT2D eigenvalue weighted by molar-refractivity contribution is -0.137. The number of nitrogens with zero attached hydrogens (tertiary/aromatic N) is 3. The Labute approximate surface area is 192 Å². The van der Waals surface area contributed by atoms with E-state index in [1.165, 1.54) is 48.6 Å². The summed E-state index contributed by atoms with van der Waals surface area (Å²) in [6.07, 6.45) is 1.16. The van der Waals surface area contributed by atoms with Crippen LogP contribution in [-0.4, -0.2) is 63.4 Å². The van der Waals surface area contributed by atoms with Crippen LogP contribution in [0.3, 0.4) is 0 Å². The first-order chi connectivity index (χ1) is 15.8. The molecule has 172 valence electrons. The third-order valence-electron chi connectivity index (χ3n) is 4.40. The number of aromatic hydroxyl groups is 2. The Morgan fingerprint density at radius 1 is 1.21 bits per heavy atom. The van der Waals surface area contributed by atoms with Crippen LogP contribution in [0, 0.1) is 0 Å². The molecule has 1 atom stereocenters. The summed E-state index contributed by atoms with van der Waals surface area (Å²) in [7, 11) is 1.42. The van der Waals surface area contributed by atoms with Crippen LogP contribution in [0.25, 0.3) is 0 Å². The van der Waals surface area contributed by atoms with E-state index in [-0.39, 0.29) is 28.8 Å². The van der Waals surface area contributed by atoms with Crippen LogP contribution in [0.2, 0.25) is 0 Å². The molecule has 3 rings (SSSR count). The molecule has 0 bridgehead atoms. The molecule has 0 spiro atoms. The van der Waals surface area contributed by atoms with Crippen LogP contribution in [0.5, 0.6) is 17.2 Å². The van der Waals surface area contributed by atoms with Crippen molar-refractivity contribution in [2.24, 2.45) is 10.2 Å². The molecular formula is C21H20N4O7S. The first kappa shape index (κ1) is 23.6. The summed E-state index contributed by atoms with van der Waals surface area (Å²) in [6, 6.07) is 10.4. The summed E-state index contributed by atoms with van der Waals surface area (Å²) in [5.41, 5.74) is 1.00. The lowest BCUT2D eigenvalue weighted by Crippen LogP contribution is -2.36. The van der Waals surface area contributed by atoms with Crippen LogP contribution in [0.1, 0.15) is 12.0 Å². The van der Waals surface area contributed by atoms with Gasteiger partial charge in [0, 0.05) is 6.42 Å². The average Bonchev–Trinajstić information content (AvgIpc) is 3.09. The van der Waals surface area contributed by atoms with Gasteiger partial charge in [0.05, 0.1) is 19.0 Å². The van der Waals surface area contributed by atoms with E-state index in [0.29, 0.717) is 11.3 Å². The number of nitrogens with one attached hydrogen (secondary N) is 1. The largest absolute Gasteiger partial charge is 0.508 e. The van der Waals surface area contributed by atoms with Crippen molar-refractivity contribution in [3.63, 3.8) is 0 Å². The number of carboxylic acids is 1. The van der Waals surface area contributed by atoms with Gasteiger partial charge in [-0.3, -0.25) is 19.3 Å². The van der Waals surface area contributed by atoms with Crippen molar-refractivity contribution < 1.29 is 34.4 Å². The summed E-state index contributed by atoms with van der Waals surface area (Å²) < 4.78 is 5.05. The third kappa shape index (κ3) is 6.01. The second-order valence-corrected chi connectivity index (χ2v) is 7.90. The fourth-order valence-corrected chi connectivity index (χ4v) is 3.93. The van der Waals surface area contributed by atoms with Crippen LogP contribution in [0.15, 0.2) is 52.7 Å². The van der Waals surface area contributed by atoms with Crippen molar-refractivity contribution in [1.29, 1.82) is 0 Å². The summed E-state index contributed by atoms with van der Waals surface area (Å²) in [4.78, 5) is 37.0. The molecule has 4 N–H and O–H groups in total. The van der Waals surface area contributed by atoms with Gasteiger partial charge in [0.1, 0.15) is 17.5 Å². The normalized spacial score (nSPS) is 17.0. The van der Waals surface area contributed by atoms with E-state index in [4.69, 9.17) is 9.84 Å². The molecule has 1 unspecified atom stereocenters. The summed E-state index contributed by atoms with van der Waals surface area (Å²) in [5.74, 6) is -1.97. The van der Waals surface area contributed by atoms with Gasteiger partial charge in [0.15, 0.2) is 16.7 Å². The third-order valence-corrected chi connectivity index (χ3v) is 5.53. The number of ether oxygens (including phenoxy) is 1. The van der Waals surface area contributed by atoms with Crippen LogP contribution >= 0.6 is 11.8 Å². The molecule has 2 aromatic carbocycles. The molecule has 1 saturated heterocycles. The number of phenols is 2. The lowest BCUT2D eigenvalue weighted by atomic mass is 10.2. The summed E-state index contributed by atoms with van der Waals surface area (Å²) >= 11 is 1.01. The molecule has 1 aliphatic rings. The lowest BCUT2D eigenvalue weighted by Gasteiger charge is -2.15. The highest BCUT2D eigenvalue weighted by Gasteiger charge is 2.40. The van der Waals surface area contributed by atoms with Crippen LogP contribution in [-0.2, 0) is 14.4 Å². The average molecular weight is 472 g/mol. The van der Waals surface area contributed by atoms with E-state index < -0.39 is 29.6 Å². The van der Waals surface area contributed by atoms with E-state index in [1.807, 2.05) is 0 Å². The van der Waals surface area contributed by atoms with Crippen molar-refractivity contribution >= 4 is 46.6 Å². The molecule has 12 heteroatoms. The molecular weight excluding hydrogens is 452 g/mol. The smallest absolute Gasteiger partial charge is 0.322 e. The van der Waals surface area contributed by atoms with Gasteiger partial charge in [-0.05, 0) is 48.0 Å². The predicted octanol–water partition coefficient (Wildman–Crippen LogP) is 1.54. The number of methoxy groups -OCH3 is 1. The number of rotatable bonds is 8.